The van der Waals surface area contributed by atoms with Crippen LogP contribution in [0.4, 0.5) is 0 Å². The van der Waals surface area contributed by atoms with Gasteiger partial charge in [0.15, 0.2) is 9.84 Å². The standard InChI is InChI=1S/C23H43ClO6S/c1-4-6-9-13-21(30-20(3)25)14-12-16-22(31(27,28)19-18-24)15-10-7-8-11-17-23(26)29-5-2/h21-22H,4-19H2,1-3H3. The highest BCUT2D eigenvalue weighted by Gasteiger charge is 2.25. The summed E-state index contributed by atoms with van der Waals surface area (Å²) in [6, 6.07) is 0. The van der Waals surface area contributed by atoms with Crippen molar-refractivity contribution in [3.05, 3.63) is 0 Å². The minimum absolute atomic E-state index is 0.00798. The zero-order chi connectivity index (χ0) is 23.5. The first-order chi connectivity index (χ1) is 14.8. The minimum Gasteiger partial charge on any atom is -0.466 e. The normalized spacial score (nSPS) is 13.5. The molecule has 6 nitrogen and oxygen atoms in total. The van der Waals surface area contributed by atoms with Gasteiger partial charge in [-0.15, -0.1) is 11.6 Å². The largest absolute Gasteiger partial charge is 0.466 e. The molecule has 0 saturated heterocycles. The van der Waals surface area contributed by atoms with E-state index in [1.165, 1.54) is 6.92 Å². The number of hydrogen-bond acceptors (Lipinski definition) is 6. The van der Waals surface area contributed by atoms with Gasteiger partial charge in [0.25, 0.3) is 0 Å². The number of halogens is 1. The lowest BCUT2D eigenvalue weighted by atomic mass is 10.0. The molecule has 2 atom stereocenters. The molecular weight excluding hydrogens is 440 g/mol. The molecule has 0 amide bonds. The van der Waals surface area contributed by atoms with Crippen molar-refractivity contribution in [2.75, 3.05) is 18.2 Å². The fraction of sp³-hybridized carbons (Fsp3) is 0.913. The molecule has 0 aromatic heterocycles. The van der Waals surface area contributed by atoms with Crippen LogP contribution >= 0.6 is 11.6 Å². The summed E-state index contributed by atoms with van der Waals surface area (Å²) in [4.78, 5) is 22.7. The maximum absolute atomic E-state index is 12.6. The summed E-state index contributed by atoms with van der Waals surface area (Å²) < 4.78 is 35.6. The van der Waals surface area contributed by atoms with Crippen LogP contribution < -0.4 is 0 Å². The zero-order valence-electron chi connectivity index (χ0n) is 19.7. The minimum atomic E-state index is -3.24. The van der Waals surface area contributed by atoms with E-state index in [2.05, 4.69) is 6.92 Å². The van der Waals surface area contributed by atoms with Crippen molar-refractivity contribution in [2.24, 2.45) is 0 Å². The maximum Gasteiger partial charge on any atom is 0.305 e. The van der Waals surface area contributed by atoms with Gasteiger partial charge in [-0.25, -0.2) is 8.42 Å². The van der Waals surface area contributed by atoms with Crippen LogP contribution in [0.5, 0.6) is 0 Å². The topological polar surface area (TPSA) is 86.7 Å². The van der Waals surface area contributed by atoms with Crippen LogP contribution in [0, 0.1) is 0 Å². The number of hydrogen-bond donors (Lipinski definition) is 0. The summed E-state index contributed by atoms with van der Waals surface area (Å²) in [7, 11) is -3.24. The molecule has 0 aliphatic carbocycles. The third-order valence-corrected chi connectivity index (χ3v) is 8.02. The Morgan fingerprint density at radius 3 is 2.10 bits per heavy atom. The van der Waals surface area contributed by atoms with Gasteiger partial charge < -0.3 is 9.47 Å². The van der Waals surface area contributed by atoms with Gasteiger partial charge in [0, 0.05) is 19.2 Å². The molecule has 0 radical (unpaired) electrons. The Hall–Kier alpha value is -0.820. The van der Waals surface area contributed by atoms with Crippen LogP contribution in [0.25, 0.3) is 0 Å². The summed E-state index contributed by atoms with van der Waals surface area (Å²) in [5.41, 5.74) is 0. The molecular formula is C23H43ClO6S. The Labute approximate surface area is 194 Å². The second kappa shape index (κ2) is 18.7. The average Bonchev–Trinajstić information content (AvgIpc) is 2.68. The summed E-state index contributed by atoms with van der Waals surface area (Å²) >= 11 is 5.72. The predicted molar refractivity (Wildman–Crippen MR) is 126 cm³/mol. The van der Waals surface area contributed by atoms with Crippen molar-refractivity contribution in [1.82, 2.24) is 0 Å². The van der Waals surface area contributed by atoms with Crippen LogP contribution in [0.2, 0.25) is 0 Å². The summed E-state index contributed by atoms with van der Waals surface area (Å²) in [6.45, 7) is 5.74. The predicted octanol–water partition coefficient (Wildman–Crippen LogP) is 5.59. The highest BCUT2D eigenvalue weighted by molar-refractivity contribution is 7.92. The summed E-state index contributed by atoms with van der Waals surface area (Å²) in [5, 5.41) is -0.412. The molecule has 0 spiro atoms. The van der Waals surface area contributed by atoms with Crippen molar-refractivity contribution < 1.29 is 27.5 Å². The fourth-order valence-electron chi connectivity index (χ4n) is 3.70. The first-order valence-corrected chi connectivity index (χ1v) is 14.1. The zero-order valence-corrected chi connectivity index (χ0v) is 21.3. The van der Waals surface area contributed by atoms with Crippen LogP contribution in [0.15, 0.2) is 0 Å². The third-order valence-electron chi connectivity index (χ3n) is 5.35. The van der Waals surface area contributed by atoms with E-state index in [0.29, 0.717) is 38.7 Å². The van der Waals surface area contributed by atoms with Gasteiger partial charge in [-0.1, -0.05) is 39.0 Å². The highest BCUT2D eigenvalue weighted by atomic mass is 35.5. The van der Waals surface area contributed by atoms with E-state index >= 15 is 0 Å². The number of rotatable bonds is 20. The molecule has 0 rings (SSSR count). The Bertz CT molecular complexity index is 579. The molecule has 0 N–H and O–H groups in total. The Morgan fingerprint density at radius 2 is 1.48 bits per heavy atom. The van der Waals surface area contributed by atoms with Gasteiger partial charge in [-0.3, -0.25) is 9.59 Å². The van der Waals surface area contributed by atoms with Crippen LogP contribution in [-0.2, 0) is 28.9 Å². The second-order valence-corrected chi connectivity index (χ2v) is 10.9. The number of carbonyl (C=O) groups is 2. The van der Waals surface area contributed by atoms with Gasteiger partial charge in [0.1, 0.15) is 6.10 Å². The van der Waals surface area contributed by atoms with Crippen molar-refractivity contribution >= 4 is 33.4 Å². The number of alkyl halides is 1. The Balaban J connectivity index is 4.53. The van der Waals surface area contributed by atoms with Crippen LogP contribution in [0.1, 0.15) is 104 Å². The number of esters is 2. The van der Waals surface area contributed by atoms with E-state index in [1.54, 1.807) is 6.92 Å². The third kappa shape index (κ3) is 16.5. The molecule has 0 bridgehead atoms. The molecule has 31 heavy (non-hydrogen) atoms. The van der Waals surface area contributed by atoms with Gasteiger partial charge in [0.05, 0.1) is 17.6 Å². The Kier molecular flexibility index (Phi) is 18.2. The van der Waals surface area contributed by atoms with Crippen LogP contribution in [-0.4, -0.2) is 50.0 Å². The van der Waals surface area contributed by atoms with E-state index in [-0.39, 0.29) is 29.7 Å². The smallest absolute Gasteiger partial charge is 0.305 e. The van der Waals surface area contributed by atoms with Crippen molar-refractivity contribution in [1.29, 1.82) is 0 Å². The van der Waals surface area contributed by atoms with Gasteiger partial charge >= 0.3 is 11.9 Å². The quantitative estimate of drug-likeness (QED) is 0.127. The van der Waals surface area contributed by atoms with Crippen molar-refractivity contribution in [3.8, 4) is 0 Å². The SMILES string of the molecule is CCCCCC(CCCC(CCCCCCC(=O)OCC)S(=O)(=O)CCCl)OC(C)=O. The number of carbonyl (C=O) groups excluding carboxylic acids is 2. The van der Waals surface area contributed by atoms with E-state index in [0.717, 1.165) is 51.4 Å². The molecule has 0 fully saturated rings. The van der Waals surface area contributed by atoms with Crippen LogP contribution in [0.3, 0.4) is 0 Å². The molecule has 2 unspecified atom stereocenters. The van der Waals surface area contributed by atoms with Crippen molar-refractivity contribution in [3.63, 3.8) is 0 Å². The summed E-state index contributed by atoms with van der Waals surface area (Å²) in [5.74, 6) is -0.362. The lowest BCUT2D eigenvalue weighted by Crippen LogP contribution is -2.26. The van der Waals surface area contributed by atoms with Gasteiger partial charge in [-0.2, -0.15) is 0 Å². The fourth-order valence-corrected chi connectivity index (χ4v) is 5.94. The average molecular weight is 483 g/mol. The number of unbranched alkanes of at least 4 members (excludes halogenated alkanes) is 5. The molecule has 184 valence electrons. The molecule has 0 aromatic rings. The first kappa shape index (κ1) is 30.2. The number of ether oxygens (including phenoxy) is 2. The van der Waals surface area contributed by atoms with E-state index in [1.807, 2.05) is 0 Å². The first-order valence-electron chi connectivity index (χ1n) is 11.9. The van der Waals surface area contributed by atoms with E-state index < -0.39 is 15.1 Å². The highest BCUT2D eigenvalue weighted by Crippen LogP contribution is 2.22. The molecule has 0 saturated carbocycles. The van der Waals surface area contributed by atoms with E-state index in [4.69, 9.17) is 21.1 Å². The lowest BCUT2D eigenvalue weighted by Gasteiger charge is -2.20. The summed E-state index contributed by atoms with van der Waals surface area (Å²) in [6.07, 6.45) is 10.2. The Morgan fingerprint density at radius 1 is 0.871 bits per heavy atom. The van der Waals surface area contributed by atoms with E-state index in [9.17, 15) is 18.0 Å². The second-order valence-electron chi connectivity index (χ2n) is 8.09. The maximum atomic E-state index is 12.6. The number of sulfone groups is 1. The molecule has 8 heteroatoms. The monoisotopic (exact) mass is 482 g/mol. The molecule has 0 aromatic carbocycles. The van der Waals surface area contributed by atoms with Crippen molar-refractivity contribution in [2.45, 2.75) is 116 Å². The molecule has 0 aliphatic rings. The van der Waals surface area contributed by atoms with Gasteiger partial charge in [0.2, 0.25) is 0 Å². The van der Waals surface area contributed by atoms with Gasteiger partial charge in [-0.05, 0) is 51.9 Å². The molecule has 0 heterocycles. The lowest BCUT2D eigenvalue weighted by molar-refractivity contribution is -0.147. The molecule has 0 aliphatic heterocycles.